The average molecular weight is 392 g/mol. The molecular formula is C13H16BrClF4N2. The molecule has 0 amide bonds. The van der Waals surface area contributed by atoms with Crippen molar-refractivity contribution in [3.63, 3.8) is 0 Å². The Bertz CT molecular complexity index is 470. The number of halogens is 6. The molecule has 1 fully saturated rings. The standard InChI is InChI=1S/C13H15BrF4N2.ClH/c14-8-1-2-9(15)12(13(8)18)10(7-11(16)17)20-5-3-19-4-6-20;/h1-2,10-11,19H,3-7H2;1H/t10-;/m0./s1. The summed E-state index contributed by atoms with van der Waals surface area (Å²) in [5.41, 5.74) is -0.276. The first-order chi connectivity index (χ1) is 9.50. The number of nitrogens with one attached hydrogen (secondary N) is 1. The van der Waals surface area contributed by atoms with Crippen molar-refractivity contribution >= 4 is 28.3 Å². The van der Waals surface area contributed by atoms with Gasteiger partial charge in [-0.15, -0.1) is 12.4 Å². The third kappa shape index (κ3) is 4.55. The molecule has 0 bridgehead atoms. The minimum atomic E-state index is -2.62. The van der Waals surface area contributed by atoms with Gasteiger partial charge >= 0.3 is 0 Å². The molecule has 1 aliphatic rings. The van der Waals surface area contributed by atoms with Gasteiger partial charge in [0.25, 0.3) is 0 Å². The molecule has 1 N–H and O–H groups in total. The molecule has 1 heterocycles. The molecule has 120 valence electrons. The van der Waals surface area contributed by atoms with Gasteiger partial charge < -0.3 is 5.32 Å². The number of piperazine rings is 1. The molecule has 0 saturated carbocycles. The monoisotopic (exact) mass is 390 g/mol. The van der Waals surface area contributed by atoms with Crippen molar-refractivity contribution in [2.24, 2.45) is 0 Å². The Hall–Kier alpha value is -0.370. The van der Waals surface area contributed by atoms with Crippen LogP contribution < -0.4 is 5.32 Å². The Labute approximate surface area is 135 Å². The van der Waals surface area contributed by atoms with Crippen molar-refractivity contribution in [2.75, 3.05) is 26.2 Å². The molecule has 1 aliphatic heterocycles. The van der Waals surface area contributed by atoms with E-state index >= 15 is 0 Å². The first-order valence-electron chi connectivity index (χ1n) is 6.37. The van der Waals surface area contributed by atoms with E-state index in [1.54, 1.807) is 4.90 Å². The fraction of sp³-hybridized carbons (Fsp3) is 0.538. The van der Waals surface area contributed by atoms with Crippen LogP contribution in [0.1, 0.15) is 18.0 Å². The van der Waals surface area contributed by atoms with Gasteiger partial charge in [-0.05, 0) is 28.1 Å². The lowest BCUT2D eigenvalue weighted by atomic mass is 10.00. The summed E-state index contributed by atoms with van der Waals surface area (Å²) in [5.74, 6) is -1.58. The van der Waals surface area contributed by atoms with E-state index in [1.807, 2.05) is 0 Å². The molecule has 0 spiro atoms. The summed E-state index contributed by atoms with van der Waals surface area (Å²) in [6.45, 7) is 2.22. The highest BCUT2D eigenvalue weighted by Gasteiger charge is 2.30. The lowest BCUT2D eigenvalue weighted by Gasteiger charge is -2.35. The van der Waals surface area contributed by atoms with E-state index in [9.17, 15) is 17.6 Å². The molecule has 2 nitrogen and oxygen atoms in total. The number of rotatable bonds is 4. The van der Waals surface area contributed by atoms with Crippen LogP contribution in [-0.4, -0.2) is 37.5 Å². The second-order valence-corrected chi connectivity index (χ2v) is 5.54. The van der Waals surface area contributed by atoms with Crippen LogP contribution in [0.3, 0.4) is 0 Å². The van der Waals surface area contributed by atoms with E-state index in [4.69, 9.17) is 0 Å². The maximum atomic E-state index is 14.1. The van der Waals surface area contributed by atoms with Crippen LogP contribution in [0.25, 0.3) is 0 Å². The van der Waals surface area contributed by atoms with E-state index in [-0.39, 0.29) is 22.4 Å². The summed E-state index contributed by atoms with van der Waals surface area (Å²) >= 11 is 2.98. The maximum absolute atomic E-state index is 14.1. The van der Waals surface area contributed by atoms with Gasteiger partial charge in [-0.25, -0.2) is 17.6 Å². The van der Waals surface area contributed by atoms with Crippen molar-refractivity contribution < 1.29 is 17.6 Å². The summed E-state index contributed by atoms with van der Waals surface area (Å²) < 4.78 is 53.7. The van der Waals surface area contributed by atoms with Crippen molar-refractivity contribution in [2.45, 2.75) is 18.9 Å². The lowest BCUT2D eigenvalue weighted by Crippen LogP contribution is -2.46. The molecule has 8 heteroatoms. The van der Waals surface area contributed by atoms with E-state index < -0.39 is 30.5 Å². The molecular weight excluding hydrogens is 376 g/mol. The molecule has 2 rings (SSSR count). The van der Waals surface area contributed by atoms with Crippen molar-refractivity contribution in [1.29, 1.82) is 0 Å². The normalized spacial score (nSPS) is 17.6. The Morgan fingerprint density at radius 1 is 1.19 bits per heavy atom. The molecule has 1 aromatic carbocycles. The lowest BCUT2D eigenvalue weighted by molar-refractivity contribution is 0.0709. The molecule has 21 heavy (non-hydrogen) atoms. The van der Waals surface area contributed by atoms with Gasteiger partial charge in [-0.1, -0.05) is 0 Å². The topological polar surface area (TPSA) is 15.3 Å². The highest BCUT2D eigenvalue weighted by molar-refractivity contribution is 9.10. The van der Waals surface area contributed by atoms with Gasteiger partial charge in [0.2, 0.25) is 6.43 Å². The average Bonchev–Trinajstić information content (AvgIpc) is 2.43. The predicted octanol–water partition coefficient (Wildman–Crippen LogP) is 3.75. The highest BCUT2D eigenvalue weighted by Crippen LogP contribution is 2.34. The predicted molar refractivity (Wildman–Crippen MR) is 79.1 cm³/mol. The van der Waals surface area contributed by atoms with Crippen molar-refractivity contribution in [3.8, 4) is 0 Å². The number of hydrogen-bond donors (Lipinski definition) is 1. The quantitative estimate of drug-likeness (QED) is 0.621. The molecule has 0 radical (unpaired) electrons. The van der Waals surface area contributed by atoms with Gasteiger partial charge in [0.1, 0.15) is 11.6 Å². The summed E-state index contributed by atoms with van der Waals surface area (Å²) in [6, 6.07) is 1.39. The minimum Gasteiger partial charge on any atom is -0.314 e. The molecule has 0 aliphatic carbocycles. The van der Waals surface area contributed by atoms with Gasteiger partial charge in [-0.3, -0.25) is 4.90 Å². The number of benzene rings is 1. The molecule has 0 aromatic heterocycles. The summed E-state index contributed by atoms with van der Waals surface area (Å²) in [5, 5.41) is 3.09. The Morgan fingerprint density at radius 2 is 1.81 bits per heavy atom. The second-order valence-electron chi connectivity index (χ2n) is 4.69. The third-order valence-corrected chi connectivity index (χ3v) is 4.02. The number of nitrogens with zero attached hydrogens (tertiary/aromatic N) is 1. The minimum absolute atomic E-state index is 0. The molecule has 1 saturated heterocycles. The van der Waals surface area contributed by atoms with Crippen LogP contribution in [0.15, 0.2) is 16.6 Å². The molecule has 1 aromatic rings. The first kappa shape index (κ1) is 18.7. The van der Waals surface area contributed by atoms with Gasteiger partial charge in [0.15, 0.2) is 0 Å². The Balaban J connectivity index is 0.00000220. The highest BCUT2D eigenvalue weighted by atomic mass is 79.9. The van der Waals surface area contributed by atoms with Crippen LogP contribution in [0, 0.1) is 11.6 Å². The third-order valence-electron chi connectivity index (χ3n) is 3.41. The smallest absolute Gasteiger partial charge is 0.240 e. The Morgan fingerprint density at radius 3 is 2.38 bits per heavy atom. The van der Waals surface area contributed by atoms with E-state index in [1.165, 1.54) is 6.07 Å². The fourth-order valence-corrected chi connectivity index (χ4v) is 2.81. The summed E-state index contributed by atoms with van der Waals surface area (Å²) in [7, 11) is 0. The summed E-state index contributed by atoms with van der Waals surface area (Å²) in [4.78, 5) is 1.70. The number of alkyl halides is 2. The fourth-order valence-electron chi connectivity index (χ4n) is 2.46. The zero-order chi connectivity index (χ0) is 14.7. The van der Waals surface area contributed by atoms with Crippen LogP contribution in [0.5, 0.6) is 0 Å². The molecule has 0 unspecified atom stereocenters. The van der Waals surface area contributed by atoms with Crippen LogP contribution in [-0.2, 0) is 0 Å². The maximum Gasteiger partial charge on any atom is 0.240 e. The SMILES string of the molecule is Cl.Fc1ccc(Br)c(F)c1[C@H](CC(F)F)N1CCNCC1. The van der Waals surface area contributed by atoms with Crippen LogP contribution in [0.4, 0.5) is 17.6 Å². The van der Waals surface area contributed by atoms with Crippen molar-refractivity contribution in [1.82, 2.24) is 10.2 Å². The Kier molecular flexibility index (Phi) is 7.39. The largest absolute Gasteiger partial charge is 0.314 e. The van der Waals surface area contributed by atoms with Gasteiger partial charge in [0.05, 0.1) is 4.47 Å². The van der Waals surface area contributed by atoms with E-state index in [0.29, 0.717) is 26.2 Å². The zero-order valence-electron chi connectivity index (χ0n) is 11.1. The van der Waals surface area contributed by atoms with Crippen LogP contribution in [0.2, 0.25) is 0 Å². The van der Waals surface area contributed by atoms with Crippen molar-refractivity contribution in [3.05, 3.63) is 33.8 Å². The molecule has 1 atom stereocenters. The first-order valence-corrected chi connectivity index (χ1v) is 7.16. The number of hydrogen-bond acceptors (Lipinski definition) is 2. The van der Waals surface area contributed by atoms with Gasteiger partial charge in [0, 0.05) is 44.2 Å². The zero-order valence-corrected chi connectivity index (χ0v) is 13.5. The second kappa shape index (κ2) is 8.31. The van der Waals surface area contributed by atoms with E-state index in [2.05, 4.69) is 21.2 Å². The van der Waals surface area contributed by atoms with Crippen LogP contribution >= 0.6 is 28.3 Å². The van der Waals surface area contributed by atoms with Gasteiger partial charge in [-0.2, -0.15) is 0 Å². The van der Waals surface area contributed by atoms with E-state index in [0.717, 1.165) is 6.07 Å². The summed E-state index contributed by atoms with van der Waals surface area (Å²) in [6.07, 6.45) is -3.20.